The predicted octanol–water partition coefficient (Wildman–Crippen LogP) is 4.64. The number of nitrogens with one attached hydrogen (secondary N) is 2. The average Bonchev–Trinajstić information content (AvgIpc) is 2.87. The Morgan fingerprint density at radius 2 is 1.78 bits per heavy atom. The smallest absolute Gasteiger partial charge is 0.230 e. The highest BCUT2D eigenvalue weighted by atomic mass is 79.9. The van der Waals surface area contributed by atoms with Crippen LogP contribution in [0.1, 0.15) is 17.0 Å². The monoisotopic (exact) mass is 373 g/mol. The van der Waals surface area contributed by atoms with Crippen molar-refractivity contribution in [1.29, 1.82) is 0 Å². The van der Waals surface area contributed by atoms with Crippen LogP contribution >= 0.6 is 15.9 Å². The minimum Gasteiger partial charge on any atom is -0.360 e. The highest BCUT2D eigenvalue weighted by molar-refractivity contribution is 9.10. The van der Waals surface area contributed by atoms with Gasteiger partial charge in [0.1, 0.15) is 11.6 Å². The maximum absolute atomic E-state index is 5.03. The Bertz CT molecular complexity index is 846. The maximum Gasteiger partial charge on any atom is 0.230 e. The first-order valence-corrected chi connectivity index (χ1v) is 7.88. The molecule has 0 spiro atoms. The third kappa shape index (κ3) is 3.87. The maximum atomic E-state index is 5.03. The summed E-state index contributed by atoms with van der Waals surface area (Å²) in [5.74, 6) is 2.49. The van der Waals surface area contributed by atoms with Gasteiger partial charge >= 0.3 is 0 Å². The molecule has 0 saturated heterocycles. The fraction of sp³-hybridized carbons (Fsp3) is 0.188. The summed E-state index contributed by atoms with van der Waals surface area (Å²) in [5.41, 5.74) is 2.96. The van der Waals surface area contributed by atoms with E-state index in [1.165, 1.54) is 0 Å². The van der Waals surface area contributed by atoms with E-state index in [2.05, 4.69) is 47.8 Å². The summed E-state index contributed by atoms with van der Waals surface area (Å²) < 4.78 is 6.10. The van der Waals surface area contributed by atoms with Crippen molar-refractivity contribution in [2.45, 2.75) is 20.8 Å². The van der Waals surface area contributed by atoms with Gasteiger partial charge in [0.25, 0.3) is 0 Å². The van der Waals surface area contributed by atoms with Crippen LogP contribution in [0.5, 0.6) is 0 Å². The van der Waals surface area contributed by atoms with Gasteiger partial charge in [-0.05, 0) is 44.5 Å². The third-order valence-corrected chi connectivity index (χ3v) is 4.04. The Hall–Kier alpha value is -2.41. The minimum atomic E-state index is 0.467. The summed E-state index contributed by atoms with van der Waals surface area (Å²) in [4.78, 5) is 8.82. The van der Waals surface area contributed by atoms with Gasteiger partial charge in [-0.3, -0.25) is 0 Å². The van der Waals surface area contributed by atoms with Gasteiger partial charge in [0.15, 0.2) is 5.82 Å². The summed E-state index contributed by atoms with van der Waals surface area (Å²) in [5, 5.41) is 10.2. The molecular weight excluding hydrogens is 358 g/mol. The van der Waals surface area contributed by atoms with Crippen LogP contribution in [0.4, 0.5) is 23.3 Å². The van der Waals surface area contributed by atoms with Gasteiger partial charge in [0.05, 0.1) is 0 Å². The number of hydrogen-bond acceptors (Lipinski definition) is 6. The van der Waals surface area contributed by atoms with E-state index in [-0.39, 0.29) is 0 Å². The van der Waals surface area contributed by atoms with Gasteiger partial charge in [0.2, 0.25) is 5.95 Å². The number of aryl methyl sites for hydroxylation is 3. The molecule has 23 heavy (non-hydrogen) atoms. The highest BCUT2D eigenvalue weighted by Gasteiger charge is 2.07. The number of hydrogen-bond donors (Lipinski definition) is 2. The number of benzene rings is 1. The van der Waals surface area contributed by atoms with Crippen LogP contribution in [-0.2, 0) is 0 Å². The van der Waals surface area contributed by atoms with Crippen LogP contribution in [0.25, 0.3) is 0 Å². The highest BCUT2D eigenvalue weighted by Crippen LogP contribution is 2.23. The van der Waals surface area contributed by atoms with Crippen molar-refractivity contribution in [3.05, 3.63) is 51.8 Å². The largest absolute Gasteiger partial charge is 0.360 e. The van der Waals surface area contributed by atoms with Gasteiger partial charge in [0, 0.05) is 28.0 Å². The van der Waals surface area contributed by atoms with Crippen LogP contribution in [0.3, 0.4) is 0 Å². The second-order valence-electron chi connectivity index (χ2n) is 5.25. The topological polar surface area (TPSA) is 75.9 Å². The molecule has 0 fully saturated rings. The van der Waals surface area contributed by atoms with Gasteiger partial charge in [-0.25, -0.2) is 4.98 Å². The first-order chi connectivity index (χ1) is 11.0. The summed E-state index contributed by atoms with van der Waals surface area (Å²) in [7, 11) is 0. The van der Waals surface area contributed by atoms with Gasteiger partial charge in [-0.1, -0.05) is 21.1 Å². The van der Waals surface area contributed by atoms with E-state index in [0.29, 0.717) is 17.6 Å². The minimum absolute atomic E-state index is 0.467. The van der Waals surface area contributed by atoms with Gasteiger partial charge in [-0.15, -0.1) is 0 Å². The Morgan fingerprint density at radius 1 is 0.957 bits per heavy atom. The summed E-state index contributed by atoms with van der Waals surface area (Å²) in [6, 6.07) is 9.72. The van der Waals surface area contributed by atoms with Crippen molar-refractivity contribution in [2.24, 2.45) is 0 Å². The number of halogens is 1. The van der Waals surface area contributed by atoms with Crippen molar-refractivity contribution in [3.8, 4) is 0 Å². The first-order valence-electron chi connectivity index (χ1n) is 7.09. The van der Waals surface area contributed by atoms with Crippen LogP contribution < -0.4 is 10.6 Å². The van der Waals surface area contributed by atoms with E-state index in [1.807, 2.05) is 39.0 Å². The molecule has 2 heterocycles. The molecule has 0 bridgehead atoms. The summed E-state index contributed by atoms with van der Waals surface area (Å²) >= 11 is 3.50. The van der Waals surface area contributed by atoms with E-state index in [9.17, 15) is 0 Å². The van der Waals surface area contributed by atoms with Gasteiger partial charge in [-0.2, -0.15) is 4.98 Å². The Kier molecular flexibility index (Phi) is 4.29. The molecule has 0 amide bonds. The van der Waals surface area contributed by atoms with Crippen molar-refractivity contribution in [3.63, 3.8) is 0 Å². The van der Waals surface area contributed by atoms with Crippen LogP contribution in [0.2, 0.25) is 0 Å². The molecule has 7 heteroatoms. The molecule has 3 aromatic rings. The third-order valence-electron chi connectivity index (χ3n) is 3.15. The molecular formula is C16H16BrN5O. The number of rotatable bonds is 4. The number of anilines is 4. The van der Waals surface area contributed by atoms with Crippen molar-refractivity contribution in [2.75, 3.05) is 10.6 Å². The Labute approximate surface area is 142 Å². The second-order valence-corrected chi connectivity index (χ2v) is 6.11. The standard InChI is InChI=1S/C16H16BrN5O/c1-9-6-12(4-5-13(9)17)19-14-7-10(2)18-16(20-14)21-15-8-11(3)23-22-15/h4-8H,1-3H3,(H2,18,19,20,21,22). The van der Waals surface area contributed by atoms with E-state index < -0.39 is 0 Å². The molecule has 0 aliphatic carbocycles. The molecule has 3 rings (SSSR count). The van der Waals surface area contributed by atoms with Crippen molar-refractivity contribution < 1.29 is 4.52 Å². The van der Waals surface area contributed by atoms with E-state index in [0.717, 1.165) is 27.2 Å². The molecule has 0 aliphatic rings. The predicted molar refractivity (Wildman–Crippen MR) is 93.5 cm³/mol. The first kappa shape index (κ1) is 15.5. The van der Waals surface area contributed by atoms with Crippen LogP contribution in [0, 0.1) is 20.8 Å². The van der Waals surface area contributed by atoms with Crippen molar-refractivity contribution >= 4 is 39.2 Å². The average molecular weight is 374 g/mol. The zero-order valence-corrected chi connectivity index (χ0v) is 14.6. The summed E-state index contributed by atoms with van der Waals surface area (Å²) in [6.45, 7) is 5.79. The molecule has 0 atom stereocenters. The fourth-order valence-corrected chi connectivity index (χ4v) is 2.35. The summed E-state index contributed by atoms with van der Waals surface area (Å²) in [6.07, 6.45) is 0. The second kappa shape index (κ2) is 6.37. The quantitative estimate of drug-likeness (QED) is 0.693. The van der Waals surface area contributed by atoms with Crippen LogP contribution in [0.15, 0.2) is 39.3 Å². The van der Waals surface area contributed by atoms with E-state index in [1.54, 1.807) is 6.07 Å². The molecule has 6 nitrogen and oxygen atoms in total. The van der Waals surface area contributed by atoms with E-state index in [4.69, 9.17) is 4.52 Å². The molecule has 2 N–H and O–H groups in total. The lowest BCUT2D eigenvalue weighted by Gasteiger charge is -2.10. The molecule has 118 valence electrons. The fourth-order valence-electron chi connectivity index (χ4n) is 2.10. The molecule has 0 saturated carbocycles. The molecule has 0 radical (unpaired) electrons. The lowest BCUT2D eigenvalue weighted by molar-refractivity contribution is 0.400. The van der Waals surface area contributed by atoms with Crippen LogP contribution in [-0.4, -0.2) is 15.1 Å². The SMILES string of the molecule is Cc1cc(Nc2ccc(Br)c(C)c2)nc(Nc2cc(C)on2)n1. The lowest BCUT2D eigenvalue weighted by atomic mass is 10.2. The zero-order chi connectivity index (χ0) is 16.4. The van der Waals surface area contributed by atoms with Gasteiger partial charge < -0.3 is 15.2 Å². The number of aromatic nitrogens is 3. The zero-order valence-electron chi connectivity index (χ0n) is 13.0. The van der Waals surface area contributed by atoms with E-state index >= 15 is 0 Å². The molecule has 0 aliphatic heterocycles. The molecule has 1 aromatic carbocycles. The van der Waals surface area contributed by atoms with Crippen molar-refractivity contribution in [1.82, 2.24) is 15.1 Å². The molecule has 2 aromatic heterocycles. The lowest BCUT2D eigenvalue weighted by Crippen LogP contribution is -2.02. The normalized spacial score (nSPS) is 10.6. The Balaban J connectivity index is 1.83. The Morgan fingerprint density at radius 3 is 2.48 bits per heavy atom. The number of nitrogens with zero attached hydrogens (tertiary/aromatic N) is 3. The molecule has 0 unspecified atom stereocenters.